The van der Waals surface area contributed by atoms with Gasteiger partial charge in [-0.15, -0.1) is 6.42 Å². The number of nitrogens with zero attached hydrogens (tertiary/aromatic N) is 7. The van der Waals surface area contributed by atoms with Crippen molar-refractivity contribution in [3.63, 3.8) is 0 Å². The maximum absolute atomic E-state index is 17.6. The first-order chi connectivity index (χ1) is 29.8. The molecule has 0 aliphatic carbocycles. The van der Waals surface area contributed by atoms with E-state index in [-0.39, 0.29) is 95.1 Å². The topological polar surface area (TPSA) is 153 Å². The van der Waals surface area contributed by atoms with Gasteiger partial charge in [0, 0.05) is 35.7 Å². The van der Waals surface area contributed by atoms with Crippen molar-refractivity contribution < 1.29 is 46.8 Å². The van der Waals surface area contributed by atoms with E-state index in [9.17, 15) is 19.1 Å². The summed E-state index contributed by atoms with van der Waals surface area (Å²) in [6, 6.07) is 7.50. The Morgan fingerprint density at radius 1 is 1.05 bits per heavy atom. The molecule has 1 unspecified atom stereocenters. The number of aromatic hydroxyl groups is 1. The van der Waals surface area contributed by atoms with Crippen LogP contribution in [-0.4, -0.2) is 97.9 Å². The minimum Gasteiger partial charge on any atom is -0.508 e. The third-order valence-corrected chi connectivity index (χ3v) is 11.3. The maximum Gasteiger partial charge on any atom is 0.425 e. The molecule has 0 spiro atoms. The Morgan fingerprint density at radius 3 is 2.48 bits per heavy atom. The molecule has 2 saturated heterocycles. The zero-order chi connectivity index (χ0) is 45.2. The molecule has 1 N–H and O–H groups in total. The molecule has 6 heterocycles. The summed E-state index contributed by atoms with van der Waals surface area (Å²) in [6.07, 6.45) is 5.90. The third kappa shape index (κ3) is 8.19. The number of anilines is 2. The van der Waals surface area contributed by atoms with Gasteiger partial charge in [-0.3, -0.25) is 4.90 Å². The maximum atomic E-state index is 17.6. The Bertz CT molecular complexity index is 2670. The summed E-state index contributed by atoms with van der Waals surface area (Å²) < 4.78 is 71.6. The van der Waals surface area contributed by atoms with E-state index in [0.717, 1.165) is 17.4 Å². The van der Waals surface area contributed by atoms with Gasteiger partial charge in [-0.25, -0.2) is 32.7 Å². The molecule has 17 heteroatoms. The Labute approximate surface area is 362 Å². The van der Waals surface area contributed by atoms with E-state index in [2.05, 4.69) is 25.8 Å². The number of fused-ring (bicyclic) bond motifs is 2. The van der Waals surface area contributed by atoms with E-state index in [0.29, 0.717) is 23.9 Å². The molecule has 3 aliphatic rings. The lowest BCUT2D eigenvalue weighted by atomic mass is 9.95. The molecule has 3 aliphatic heterocycles. The lowest BCUT2D eigenvalue weighted by Gasteiger charge is -2.33. The van der Waals surface area contributed by atoms with Gasteiger partial charge in [0.25, 0.3) is 0 Å². The normalized spacial score (nSPS) is 19.3. The molecule has 3 aromatic heterocycles. The fourth-order valence-corrected chi connectivity index (χ4v) is 8.74. The van der Waals surface area contributed by atoms with Crippen molar-refractivity contribution in [3.05, 3.63) is 65.4 Å². The number of terminal acetylenes is 1. The quantitative estimate of drug-likeness (QED) is 0.155. The van der Waals surface area contributed by atoms with Crippen LogP contribution in [0.5, 0.6) is 17.6 Å². The van der Waals surface area contributed by atoms with Crippen molar-refractivity contribution >= 4 is 45.5 Å². The van der Waals surface area contributed by atoms with E-state index in [1.165, 1.54) is 24.4 Å². The van der Waals surface area contributed by atoms with Crippen LogP contribution in [-0.2, 0) is 9.47 Å². The van der Waals surface area contributed by atoms with Crippen LogP contribution in [0, 0.1) is 24.0 Å². The smallest absolute Gasteiger partial charge is 0.425 e. The number of hydrogen-bond acceptors (Lipinski definition) is 13. The summed E-state index contributed by atoms with van der Waals surface area (Å²) in [5.41, 5.74) is -3.05. The van der Waals surface area contributed by atoms with Crippen molar-refractivity contribution in [2.45, 2.75) is 96.7 Å². The number of benzene rings is 2. The van der Waals surface area contributed by atoms with Crippen molar-refractivity contribution in [1.82, 2.24) is 24.8 Å². The molecule has 330 valence electrons. The summed E-state index contributed by atoms with van der Waals surface area (Å²) in [7, 11) is 0. The van der Waals surface area contributed by atoms with Crippen LogP contribution in [0.4, 0.5) is 34.4 Å². The largest absolute Gasteiger partial charge is 0.508 e. The van der Waals surface area contributed by atoms with Gasteiger partial charge >= 0.3 is 18.2 Å². The van der Waals surface area contributed by atoms with Crippen LogP contribution in [0.1, 0.15) is 84.9 Å². The molecule has 2 aromatic carbocycles. The number of rotatable bonds is 7. The summed E-state index contributed by atoms with van der Waals surface area (Å²) in [5, 5.41) is 11.3. The Morgan fingerprint density at radius 2 is 1.78 bits per heavy atom. The van der Waals surface area contributed by atoms with Crippen LogP contribution < -0.4 is 19.3 Å². The molecule has 63 heavy (non-hydrogen) atoms. The van der Waals surface area contributed by atoms with E-state index < -0.39 is 52.8 Å². The first kappa shape index (κ1) is 43.2. The number of alkyl halides is 1. The van der Waals surface area contributed by atoms with E-state index in [1.54, 1.807) is 65.5 Å². The number of carbonyl (C=O) groups is 2. The molecule has 14 nitrogen and oxygen atoms in total. The third-order valence-electron chi connectivity index (χ3n) is 11.3. The molecular formula is C46H48F3N7O7. The lowest BCUT2D eigenvalue weighted by molar-refractivity contribution is 0.0428. The summed E-state index contributed by atoms with van der Waals surface area (Å²) >= 11 is 0. The molecule has 8 rings (SSSR count). The zero-order valence-electron chi connectivity index (χ0n) is 36.1. The average molecular weight is 868 g/mol. The molecule has 0 radical (unpaired) electrons. The first-order valence-corrected chi connectivity index (χ1v) is 20.7. The average Bonchev–Trinajstić information content (AvgIpc) is 3.66. The Balaban J connectivity index is 1.31. The van der Waals surface area contributed by atoms with Crippen LogP contribution in [0.25, 0.3) is 32.9 Å². The first-order valence-electron chi connectivity index (χ1n) is 20.7. The second-order valence-electron chi connectivity index (χ2n) is 18.1. The van der Waals surface area contributed by atoms with Crippen molar-refractivity contribution in [3.8, 4) is 41.2 Å². The van der Waals surface area contributed by atoms with Crippen LogP contribution in [0.3, 0.4) is 0 Å². The van der Waals surface area contributed by atoms with E-state index in [4.69, 9.17) is 30.4 Å². The highest BCUT2D eigenvalue weighted by atomic mass is 19.1. The summed E-state index contributed by atoms with van der Waals surface area (Å²) in [5.74, 6) is 0.337. The highest BCUT2D eigenvalue weighted by molar-refractivity contribution is 6.09. The fourth-order valence-electron chi connectivity index (χ4n) is 8.74. The molecule has 0 bridgehead atoms. The summed E-state index contributed by atoms with van der Waals surface area (Å²) in [4.78, 5) is 50.9. The second kappa shape index (κ2) is 16.1. The van der Waals surface area contributed by atoms with Crippen LogP contribution >= 0.6 is 0 Å². The SMILES string of the molecule is C#Cc1c(F)ccc2cc(O)cc(-c3nc4c5c(nc(OC[C@@]67CCCN6C[C@H](F)C7)nc5c3F)N(C(C)c3cccnc3N(C(=O)OC(C)(C)C)C(=O)OC(C)(C)C)CCO4)c12. The molecule has 2 amide bonds. The number of imide groups is 1. The van der Waals surface area contributed by atoms with E-state index >= 15 is 8.78 Å². The van der Waals surface area contributed by atoms with Crippen LogP contribution in [0.2, 0.25) is 0 Å². The molecular weight excluding hydrogens is 820 g/mol. The monoisotopic (exact) mass is 867 g/mol. The zero-order valence-corrected chi connectivity index (χ0v) is 36.1. The van der Waals surface area contributed by atoms with Crippen LogP contribution in [0.15, 0.2) is 42.6 Å². The van der Waals surface area contributed by atoms with E-state index in [1.807, 2.05) is 0 Å². The number of halogens is 3. The predicted molar refractivity (Wildman–Crippen MR) is 229 cm³/mol. The molecule has 0 saturated carbocycles. The molecule has 3 atom stereocenters. The number of phenolic OH excluding ortho intramolecular Hbond substituents is 1. The summed E-state index contributed by atoms with van der Waals surface area (Å²) in [6.45, 7) is 12.8. The highest BCUT2D eigenvalue weighted by Gasteiger charge is 2.49. The number of pyridine rings is 2. The Kier molecular flexibility index (Phi) is 11.0. The number of ether oxygens (including phenoxy) is 4. The van der Waals surface area contributed by atoms with Gasteiger partial charge in [-0.2, -0.15) is 14.9 Å². The van der Waals surface area contributed by atoms with Gasteiger partial charge < -0.3 is 29.0 Å². The van der Waals surface area contributed by atoms with Gasteiger partial charge in [-0.1, -0.05) is 18.1 Å². The second-order valence-corrected chi connectivity index (χ2v) is 18.1. The van der Waals surface area contributed by atoms with Crippen molar-refractivity contribution in [2.75, 3.05) is 42.6 Å². The van der Waals surface area contributed by atoms with Gasteiger partial charge in [-0.05, 0) is 97.5 Å². The van der Waals surface area contributed by atoms with Gasteiger partial charge in [0.05, 0.1) is 23.7 Å². The number of aromatic nitrogens is 4. The minimum atomic E-state index is -1.04. The molecule has 2 fully saturated rings. The number of phenols is 1. The van der Waals surface area contributed by atoms with Gasteiger partial charge in [0.15, 0.2) is 11.6 Å². The van der Waals surface area contributed by atoms with Crippen molar-refractivity contribution in [2.24, 2.45) is 0 Å². The standard InChI is InChI=1S/C46H48F3N7O7/c1-9-29-32(48)14-13-26-20-28(57)21-31(33(26)29)36-35(49)37-34-39(53-41(52-37)61-24-46-15-11-17-54(46)23-27(47)22-46)55(18-19-60-40(34)51-36)25(2)30-12-10-16-50-38(30)56(42(58)62-44(3,4)5)43(59)63-45(6,7)8/h1,10,12-14,16,20-21,25,27,57H,11,15,17-19,22-24H2,2-8H3/t25?,27-,46+/m1/s1. The minimum absolute atomic E-state index is 0.0152. The van der Waals surface area contributed by atoms with Gasteiger partial charge in [0.2, 0.25) is 5.88 Å². The van der Waals surface area contributed by atoms with Gasteiger partial charge in [0.1, 0.15) is 64.6 Å². The number of amides is 2. The Hall–Kier alpha value is -6.41. The fraction of sp³-hybridized carbons (Fsp3) is 0.435. The number of hydrogen-bond donors (Lipinski definition) is 1. The highest BCUT2D eigenvalue weighted by Crippen LogP contribution is 2.46. The predicted octanol–water partition coefficient (Wildman–Crippen LogP) is 8.80. The van der Waals surface area contributed by atoms with Crippen molar-refractivity contribution in [1.29, 1.82) is 0 Å². The molecule has 5 aromatic rings. The lowest BCUT2D eigenvalue weighted by Crippen LogP contribution is -2.45. The number of carbonyl (C=O) groups excluding carboxylic acids is 2.